The van der Waals surface area contributed by atoms with E-state index >= 15 is 0 Å². The van der Waals surface area contributed by atoms with Crippen molar-refractivity contribution in [3.63, 3.8) is 0 Å². The predicted octanol–water partition coefficient (Wildman–Crippen LogP) is 3.90. The number of carbonyl (C=O) groups excluding carboxylic acids is 1. The molecule has 23 heavy (non-hydrogen) atoms. The first-order valence-corrected chi connectivity index (χ1v) is 8.46. The summed E-state index contributed by atoms with van der Waals surface area (Å²) in [4.78, 5) is 18.6. The van der Waals surface area contributed by atoms with E-state index in [9.17, 15) is 4.79 Å². The van der Waals surface area contributed by atoms with Gasteiger partial charge in [0.2, 0.25) is 0 Å². The van der Waals surface area contributed by atoms with E-state index in [0.29, 0.717) is 24.3 Å². The largest absolute Gasteiger partial charge is 0.443 e. The molecule has 0 spiro atoms. The van der Waals surface area contributed by atoms with Crippen molar-refractivity contribution in [2.75, 3.05) is 18.0 Å². The van der Waals surface area contributed by atoms with E-state index in [2.05, 4.69) is 30.2 Å². The minimum absolute atomic E-state index is 0.334. The lowest BCUT2D eigenvalue weighted by Gasteiger charge is -2.28. The SMILES string of the molecule is CC(C)CN(C(=O)OC(C)(C)C)c1ccc(C2CCCN2)cn1. The van der Waals surface area contributed by atoms with Crippen LogP contribution in [0.4, 0.5) is 10.6 Å². The molecule has 0 aromatic carbocycles. The van der Waals surface area contributed by atoms with Crippen molar-refractivity contribution in [1.82, 2.24) is 10.3 Å². The Morgan fingerprint density at radius 3 is 2.65 bits per heavy atom. The van der Waals surface area contributed by atoms with Gasteiger partial charge in [-0.05, 0) is 57.7 Å². The van der Waals surface area contributed by atoms with Gasteiger partial charge in [0.25, 0.3) is 0 Å². The second-order valence-corrected chi connectivity index (χ2v) is 7.58. The van der Waals surface area contributed by atoms with Crippen LogP contribution in [0.1, 0.15) is 59.1 Å². The number of carbonyl (C=O) groups is 1. The van der Waals surface area contributed by atoms with E-state index in [1.165, 1.54) is 12.0 Å². The van der Waals surface area contributed by atoms with Crippen LogP contribution in [0.15, 0.2) is 18.3 Å². The Morgan fingerprint density at radius 1 is 1.43 bits per heavy atom. The van der Waals surface area contributed by atoms with Crippen molar-refractivity contribution in [2.45, 2.75) is 59.1 Å². The molecule has 5 nitrogen and oxygen atoms in total. The molecule has 1 saturated heterocycles. The number of ether oxygens (including phenoxy) is 1. The highest BCUT2D eigenvalue weighted by atomic mass is 16.6. The highest BCUT2D eigenvalue weighted by Gasteiger charge is 2.25. The van der Waals surface area contributed by atoms with Crippen LogP contribution in [0.25, 0.3) is 0 Å². The van der Waals surface area contributed by atoms with Crippen LogP contribution in [0.2, 0.25) is 0 Å². The first kappa shape index (κ1) is 17.7. The van der Waals surface area contributed by atoms with Crippen LogP contribution in [-0.2, 0) is 4.74 Å². The van der Waals surface area contributed by atoms with E-state index in [-0.39, 0.29) is 6.09 Å². The second-order valence-electron chi connectivity index (χ2n) is 7.58. The Hall–Kier alpha value is -1.62. The molecule has 5 heteroatoms. The van der Waals surface area contributed by atoms with Crippen molar-refractivity contribution in [2.24, 2.45) is 5.92 Å². The number of hydrogen-bond donors (Lipinski definition) is 1. The van der Waals surface area contributed by atoms with Gasteiger partial charge in [-0.25, -0.2) is 9.78 Å². The van der Waals surface area contributed by atoms with Gasteiger partial charge in [0.1, 0.15) is 11.4 Å². The first-order chi connectivity index (χ1) is 10.8. The zero-order valence-corrected chi connectivity index (χ0v) is 14.9. The zero-order chi connectivity index (χ0) is 17.0. The molecule has 0 radical (unpaired) electrons. The third-order valence-corrected chi connectivity index (χ3v) is 3.67. The number of amides is 1. The Bertz CT molecular complexity index is 514. The summed E-state index contributed by atoms with van der Waals surface area (Å²) in [5, 5.41) is 3.46. The maximum atomic E-state index is 12.5. The topological polar surface area (TPSA) is 54.5 Å². The smallest absolute Gasteiger partial charge is 0.416 e. The molecule has 1 aliphatic rings. The van der Waals surface area contributed by atoms with Gasteiger partial charge in [-0.3, -0.25) is 4.90 Å². The summed E-state index contributed by atoms with van der Waals surface area (Å²) in [5.74, 6) is 0.982. The van der Waals surface area contributed by atoms with Gasteiger partial charge in [-0.2, -0.15) is 0 Å². The highest BCUT2D eigenvalue weighted by Crippen LogP contribution is 2.24. The molecule has 1 aromatic rings. The molecule has 1 unspecified atom stereocenters. The van der Waals surface area contributed by atoms with Crippen LogP contribution in [0, 0.1) is 5.92 Å². The van der Waals surface area contributed by atoms with E-state index in [1.54, 1.807) is 4.90 Å². The third kappa shape index (κ3) is 5.20. The van der Waals surface area contributed by atoms with Crippen molar-refractivity contribution in [3.05, 3.63) is 23.9 Å². The van der Waals surface area contributed by atoms with Crippen LogP contribution in [-0.4, -0.2) is 29.8 Å². The van der Waals surface area contributed by atoms with Gasteiger partial charge in [-0.1, -0.05) is 19.9 Å². The first-order valence-electron chi connectivity index (χ1n) is 8.46. The molecule has 0 saturated carbocycles. The summed E-state index contributed by atoms with van der Waals surface area (Å²) in [6.07, 6.45) is 3.87. The molecule has 1 N–H and O–H groups in total. The number of nitrogens with one attached hydrogen (secondary N) is 1. The lowest BCUT2D eigenvalue weighted by molar-refractivity contribution is 0.0575. The summed E-state index contributed by atoms with van der Waals surface area (Å²) in [6, 6.07) is 4.36. The fourth-order valence-corrected chi connectivity index (χ4v) is 2.68. The zero-order valence-electron chi connectivity index (χ0n) is 14.9. The summed E-state index contributed by atoms with van der Waals surface area (Å²) < 4.78 is 5.52. The van der Waals surface area contributed by atoms with Gasteiger partial charge < -0.3 is 10.1 Å². The quantitative estimate of drug-likeness (QED) is 0.914. The van der Waals surface area contributed by atoms with Crippen molar-refractivity contribution < 1.29 is 9.53 Å². The lowest BCUT2D eigenvalue weighted by atomic mass is 10.1. The minimum Gasteiger partial charge on any atom is -0.443 e. The standard InChI is InChI=1S/C18H29N3O2/c1-13(2)12-21(17(22)23-18(3,4)5)16-9-8-14(11-20-16)15-7-6-10-19-15/h8-9,11,13,15,19H,6-7,10,12H2,1-5H3. The van der Waals surface area contributed by atoms with E-state index in [4.69, 9.17) is 4.74 Å². The molecule has 1 atom stereocenters. The third-order valence-electron chi connectivity index (χ3n) is 3.67. The molecule has 0 bridgehead atoms. The normalized spacial score (nSPS) is 18.3. The van der Waals surface area contributed by atoms with Crippen LogP contribution in [0.3, 0.4) is 0 Å². The fraction of sp³-hybridized carbons (Fsp3) is 0.667. The number of anilines is 1. The number of hydrogen-bond acceptors (Lipinski definition) is 4. The average Bonchev–Trinajstić information content (AvgIpc) is 2.97. The van der Waals surface area contributed by atoms with Gasteiger partial charge >= 0.3 is 6.09 Å². The molecule has 2 rings (SSSR count). The predicted molar refractivity (Wildman–Crippen MR) is 92.6 cm³/mol. The van der Waals surface area contributed by atoms with E-state index in [0.717, 1.165) is 13.0 Å². The molecule has 1 fully saturated rings. The van der Waals surface area contributed by atoms with E-state index < -0.39 is 5.60 Å². The maximum Gasteiger partial charge on any atom is 0.416 e. The number of pyridine rings is 1. The molecule has 1 aromatic heterocycles. The Labute approximate surface area is 139 Å². The molecule has 1 amide bonds. The minimum atomic E-state index is -0.514. The summed E-state index contributed by atoms with van der Waals surface area (Å²) in [5.41, 5.74) is 0.667. The molecule has 1 aliphatic heterocycles. The average molecular weight is 319 g/mol. The molecular formula is C18H29N3O2. The number of aromatic nitrogens is 1. The van der Waals surface area contributed by atoms with Gasteiger partial charge in [0.05, 0.1) is 0 Å². The van der Waals surface area contributed by atoms with Crippen molar-refractivity contribution in [3.8, 4) is 0 Å². The Kier molecular flexibility index (Phi) is 5.63. The monoisotopic (exact) mass is 319 g/mol. The molecule has 128 valence electrons. The van der Waals surface area contributed by atoms with E-state index in [1.807, 2.05) is 33.0 Å². The van der Waals surface area contributed by atoms with Crippen LogP contribution < -0.4 is 10.2 Å². The number of rotatable bonds is 4. The summed E-state index contributed by atoms with van der Waals surface area (Å²) in [7, 11) is 0. The second kappa shape index (κ2) is 7.30. The Morgan fingerprint density at radius 2 is 2.17 bits per heavy atom. The molecular weight excluding hydrogens is 290 g/mol. The summed E-state index contributed by atoms with van der Waals surface area (Å²) >= 11 is 0. The van der Waals surface area contributed by atoms with Gasteiger partial charge in [0, 0.05) is 18.8 Å². The van der Waals surface area contributed by atoms with Gasteiger partial charge in [-0.15, -0.1) is 0 Å². The highest BCUT2D eigenvalue weighted by molar-refractivity contribution is 5.86. The molecule has 0 aliphatic carbocycles. The van der Waals surface area contributed by atoms with Crippen LogP contribution >= 0.6 is 0 Å². The lowest BCUT2D eigenvalue weighted by Crippen LogP contribution is -2.39. The van der Waals surface area contributed by atoms with Crippen molar-refractivity contribution >= 4 is 11.9 Å². The van der Waals surface area contributed by atoms with Crippen LogP contribution in [0.5, 0.6) is 0 Å². The Balaban J connectivity index is 2.16. The summed E-state index contributed by atoms with van der Waals surface area (Å²) in [6.45, 7) is 11.4. The van der Waals surface area contributed by atoms with Gasteiger partial charge in [0.15, 0.2) is 0 Å². The number of nitrogens with zero attached hydrogens (tertiary/aromatic N) is 2. The fourth-order valence-electron chi connectivity index (χ4n) is 2.68. The van der Waals surface area contributed by atoms with Crippen molar-refractivity contribution in [1.29, 1.82) is 0 Å². The maximum absolute atomic E-state index is 12.5. The molecule has 2 heterocycles.